The lowest BCUT2D eigenvalue weighted by molar-refractivity contribution is 0.626. The van der Waals surface area contributed by atoms with E-state index in [1.54, 1.807) is 30.1 Å². The van der Waals surface area contributed by atoms with E-state index in [1.807, 2.05) is 30.5 Å². The molecule has 26 heavy (non-hydrogen) atoms. The molecule has 4 nitrogen and oxygen atoms in total. The van der Waals surface area contributed by atoms with Crippen molar-refractivity contribution < 1.29 is 4.39 Å². The van der Waals surface area contributed by atoms with Gasteiger partial charge in [0.15, 0.2) is 0 Å². The van der Waals surface area contributed by atoms with Crippen LogP contribution in [0.25, 0.3) is 27.8 Å². The fraction of sp³-hybridized carbons (Fsp3) is 0.0500. The van der Waals surface area contributed by atoms with Crippen LogP contribution in [0, 0.1) is 5.82 Å². The van der Waals surface area contributed by atoms with E-state index >= 15 is 0 Å². The van der Waals surface area contributed by atoms with Gasteiger partial charge in [0.05, 0.1) is 11.1 Å². The first kappa shape index (κ1) is 16.5. The molecule has 2 aromatic carbocycles. The van der Waals surface area contributed by atoms with E-state index in [0.29, 0.717) is 22.3 Å². The molecule has 0 spiro atoms. The third kappa shape index (κ3) is 2.88. The van der Waals surface area contributed by atoms with Gasteiger partial charge >= 0.3 is 0 Å². The standard InChI is InChI=1S/C20H14FN3OS/c1-26-16-5-2-4-13(12-16)18-19-17(6-3-11-22-19)20(25)24(23-18)15-9-7-14(21)8-10-15/h2-12H,1H3. The van der Waals surface area contributed by atoms with Crippen molar-refractivity contribution in [3.8, 4) is 16.9 Å². The van der Waals surface area contributed by atoms with Crippen LogP contribution in [0.3, 0.4) is 0 Å². The highest BCUT2D eigenvalue weighted by molar-refractivity contribution is 7.98. The second-order valence-electron chi connectivity index (χ2n) is 5.67. The van der Waals surface area contributed by atoms with Crippen molar-refractivity contribution in [1.82, 2.24) is 14.8 Å². The number of hydrogen-bond donors (Lipinski definition) is 0. The van der Waals surface area contributed by atoms with E-state index in [-0.39, 0.29) is 11.4 Å². The van der Waals surface area contributed by atoms with Crippen molar-refractivity contribution in [1.29, 1.82) is 0 Å². The SMILES string of the molecule is CSc1cccc(-c2nn(-c3ccc(F)cc3)c(=O)c3cccnc23)c1. The topological polar surface area (TPSA) is 47.8 Å². The van der Waals surface area contributed by atoms with Gasteiger partial charge in [-0.1, -0.05) is 12.1 Å². The van der Waals surface area contributed by atoms with Gasteiger partial charge in [-0.15, -0.1) is 11.8 Å². The highest BCUT2D eigenvalue weighted by Gasteiger charge is 2.14. The number of thioether (sulfide) groups is 1. The zero-order valence-corrected chi connectivity index (χ0v) is 14.7. The van der Waals surface area contributed by atoms with Gasteiger partial charge in [-0.2, -0.15) is 9.78 Å². The summed E-state index contributed by atoms with van der Waals surface area (Å²) in [5, 5.41) is 5.02. The van der Waals surface area contributed by atoms with Crippen LogP contribution in [0.15, 0.2) is 76.6 Å². The summed E-state index contributed by atoms with van der Waals surface area (Å²) in [5.74, 6) is -0.364. The largest absolute Gasteiger partial charge is 0.280 e. The van der Waals surface area contributed by atoms with E-state index in [4.69, 9.17) is 0 Å². The van der Waals surface area contributed by atoms with Crippen molar-refractivity contribution >= 4 is 22.7 Å². The number of rotatable bonds is 3. The minimum Gasteiger partial charge on any atom is -0.267 e. The second kappa shape index (κ2) is 6.72. The van der Waals surface area contributed by atoms with Crippen molar-refractivity contribution in [2.45, 2.75) is 4.90 Å². The van der Waals surface area contributed by atoms with Crippen LogP contribution in [0.2, 0.25) is 0 Å². The average Bonchev–Trinajstić information content (AvgIpc) is 2.69. The molecule has 0 fully saturated rings. The zero-order valence-electron chi connectivity index (χ0n) is 13.9. The Morgan fingerprint density at radius 3 is 2.62 bits per heavy atom. The number of nitrogens with zero attached hydrogens (tertiary/aromatic N) is 3. The summed E-state index contributed by atoms with van der Waals surface area (Å²) in [4.78, 5) is 18.4. The molecule has 6 heteroatoms. The van der Waals surface area contributed by atoms with Gasteiger partial charge in [-0.3, -0.25) is 9.78 Å². The minimum atomic E-state index is -0.364. The smallest absolute Gasteiger partial charge is 0.267 e. The fourth-order valence-corrected chi connectivity index (χ4v) is 3.26. The monoisotopic (exact) mass is 363 g/mol. The highest BCUT2D eigenvalue weighted by Crippen LogP contribution is 2.27. The summed E-state index contributed by atoms with van der Waals surface area (Å²) in [5.41, 5.74) is 2.25. The molecule has 0 atom stereocenters. The van der Waals surface area contributed by atoms with Crippen LogP contribution < -0.4 is 5.56 Å². The molecule has 128 valence electrons. The predicted molar refractivity (Wildman–Crippen MR) is 102 cm³/mol. The lowest BCUT2D eigenvalue weighted by Crippen LogP contribution is -2.22. The van der Waals surface area contributed by atoms with Crippen molar-refractivity contribution in [3.63, 3.8) is 0 Å². The first-order chi connectivity index (χ1) is 12.7. The first-order valence-corrected chi connectivity index (χ1v) is 9.18. The predicted octanol–water partition coefficient (Wildman–Crippen LogP) is 4.31. The lowest BCUT2D eigenvalue weighted by Gasteiger charge is -2.11. The third-order valence-electron chi connectivity index (χ3n) is 4.07. The molecule has 0 N–H and O–H groups in total. The maximum Gasteiger partial charge on any atom is 0.280 e. The zero-order chi connectivity index (χ0) is 18.1. The van der Waals surface area contributed by atoms with Crippen molar-refractivity contribution in [3.05, 3.63) is 83.0 Å². The Balaban J connectivity index is 2.04. The summed E-state index contributed by atoms with van der Waals surface area (Å²) in [6.07, 6.45) is 3.65. The molecule has 0 aliphatic heterocycles. The maximum absolute atomic E-state index is 13.3. The normalized spacial score (nSPS) is 11.0. The minimum absolute atomic E-state index is 0.288. The number of hydrogen-bond acceptors (Lipinski definition) is 4. The van der Waals surface area contributed by atoms with Crippen molar-refractivity contribution in [2.24, 2.45) is 0 Å². The van der Waals surface area contributed by atoms with Gasteiger partial charge in [0.1, 0.15) is 17.0 Å². The number of halogens is 1. The summed E-state index contributed by atoms with van der Waals surface area (Å²) in [7, 11) is 0. The molecule has 0 unspecified atom stereocenters. The Labute approximate surface area is 153 Å². The van der Waals surface area contributed by atoms with Crippen molar-refractivity contribution in [2.75, 3.05) is 6.26 Å². The number of pyridine rings is 1. The molecule has 0 saturated carbocycles. The quantitative estimate of drug-likeness (QED) is 0.509. The van der Waals surface area contributed by atoms with Crippen LogP contribution >= 0.6 is 11.8 Å². The molecule has 4 rings (SSSR count). The van der Waals surface area contributed by atoms with Gasteiger partial charge in [0.25, 0.3) is 5.56 Å². The fourth-order valence-electron chi connectivity index (χ4n) is 2.80. The molecule has 2 aromatic heterocycles. The van der Waals surface area contributed by atoms with E-state index in [0.717, 1.165) is 10.5 Å². The molecule has 0 saturated heterocycles. The molecule has 4 aromatic rings. The van der Waals surface area contributed by atoms with Crippen LogP contribution in [0.4, 0.5) is 4.39 Å². The van der Waals surface area contributed by atoms with Gasteiger partial charge in [-0.25, -0.2) is 4.39 Å². The summed E-state index contributed by atoms with van der Waals surface area (Å²) < 4.78 is 14.6. The third-order valence-corrected chi connectivity index (χ3v) is 4.79. The van der Waals surface area contributed by atoms with E-state index in [1.165, 1.54) is 28.9 Å². The number of benzene rings is 2. The molecule has 0 radical (unpaired) electrons. The summed E-state index contributed by atoms with van der Waals surface area (Å²) >= 11 is 1.63. The van der Waals surface area contributed by atoms with Gasteiger partial charge in [0, 0.05) is 16.7 Å². The maximum atomic E-state index is 13.3. The molecule has 2 heterocycles. The highest BCUT2D eigenvalue weighted by atomic mass is 32.2. The van der Waals surface area contributed by atoms with Crippen LogP contribution in [0.5, 0.6) is 0 Å². The van der Waals surface area contributed by atoms with Gasteiger partial charge in [0.2, 0.25) is 0 Å². The molecule has 0 amide bonds. The first-order valence-electron chi connectivity index (χ1n) is 7.96. The Kier molecular flexibility index (Phi) is 4.26. The molecular formula is C20H14FN3OS. The Morgan fingerprint density at radius 2 is 1.85 bits per heavy atom. The van der Waals surface area contributed by atoms with E-state index in [9.17, 15) is 9.18 Å². The number of fused-ring (bicyclic) bond motifs is 1. The Morgan fingerprint density at radius 1 is 1.04 bits per heavy atom. The van der Waals surface area contributed by atoms with Gasteiger partial charge in [-0.05, 0) is 54.8 Å². The van der Waals surface area contributed by atoms with E-state index in [2.05, 4.69) is 10.1 Å². The molecular weight excluding hydrogens is 349 g/mol. The average molecular weight is 363 g/mol. The number of aromatic nitrogens is 3. The summed E-state index contributed by atoms with van der Waals surface area (Å²) in [6.45, 7) is 0. The van der Waals surface area contributed by atoms with Crippen LogP contribution in [-0.2, 0) is 0 Å². The second-order valence-corrected chi connectivity index (χ2v) is 6.55. The Hall–Kier alpha value is -2.99. The van der Waals surface area contributed by atoms with Crippen LogP contribution in [0.1, 0.15) is 0 Å². The van der Waals surface area contributed by atoms with Gasteiger partial charge < -0.3 is 0 Å². The Bertz CT molecular complexity index is 1160. The lowest BCUT2D eigenvalue weighted by atomic mass is 10.1. The summed E-state index contributed by atoms with van der Waals surface area (Å²) in [6, 6.07) is 17.1. The molecule has 0 aliphatic carbocycles. The van der Waals surface area contributed by atoms with E-state index < -0.39 is 0 Å². The molecule has 0 aliphatic rings. The van der Waals surface area contributed by atoms with Crippen LogP contribution in [-0.4, -0.2) is 21.0 Å². The molecule has 0 bridgehead atoms.